The quantitative estimate of drug-likeness (QED) is 0.771. The van der Waals surface area contributed by atoms with Crippen LogP contribution in [0.15, 0.2) is 15.7 Å². The molecule has 0 radical (unpaired) electrons. The van der Waals surface area contributed by atoms with Crippen LogP contribution >= 0.6 is 11.3 Å². The summed E-state index contributed by atoms with van der Waals surface area (Å²) in [5.74, 6) is -0.0158. The Hall–Kier alpha value is -0.720. The standard InChI is InChI=1S/C11H13NO3S2/c13-9-7-11(2-4-12-5-3-11)17(14,15)10-8(9)1-6-16-10/h1,6,12H,2-5,7H2. The predicted octanol–water partition coefficient (Wildman–Crippen LogP) is 1.23. The summed E-state index contributed by atoms with van der Waals surface area (Å²) >= 11 is 1.17. The highest BCUT2D eigenvalue weighted by Gasteiger charge is 2.52. The van der Waals surface area contributed by atoms with E-state index in [1.807, 2.05) is 0 Å². The van der Waals surface area contributed by atoms with Crippen molar-refractivity contribution in [3.63, 3.8) is 0 Å². The van der Waals surface area contributed by atoms with Gasteiger partial charge in [-0.25, -0.2) is 8.42 Å². The molecule has 0 atom stereocenters. The Bertz CT molecular complexity index is 567. The lowest BCUT2D eigenvalue weighted by molar-refractivity contribution is 0.0951. The van der Waals surface area contributed by atoms with Crippen molar-refractivity contribution in [2.45, 2.75) is 28.2 Å². The molecular formula is C11H13NO3S2. The summed E-state index contributed by atoms with van der Waals surface area (Å²) in [5, 5.41) is 4.85. The molecule has 1 aromatic rings. The Balaban J connectivity index is 2.19. The van der Waals surface area contributed by atoms with Gasteiger partial charge in [0.05, 0.1) is 4.75 Å². The van der Waals surface area contributed by atoms with Crippen LogP contribution in [0.3, 0.4) is 0 Å². The number of nitrogens with one attached hydrogen (secondary N) is 1. The minimum Gasteiger partial charge on any atom is -0.317 e. The van der Waals surface area contributed by atoms with Crippen LogP contribution in [-0.2, 0) is 9.84 Å². The van der Waals surface area contributed by atoms with E-state index in [0.29, 0.717) is 31.5 Å². The SMILES string of the molecule is O=C1CC2(CCNCC2)S(=O)(=O)c2sccc21. The first kappa shape index (κ1) is 11.4. The highest BCUT2D eigenvalue weighted by molar-refractivity contribution is 7.95. The molecule has 0 bridgehead atoms. The van der Waals surface area contributed by atoms with Crippen LogP contribution in [0.25, 0.3) is 0 Å². The van der Waals surface area contributed by atoms with Gasteiger partial charge in [-0.2, -0.15) is 0 Å². The van der Waals surface area contributed by atoms with E-state index in [1.54, 1.807) is 11.4 Å². The molecule has 3 heterocycles. The van der Waals surface area contributed by atoms with Crippen molar-refractivity contribution in [3.8, 4) is 0 Å². The molecule has 0 aromatic carbocycles. The van der Waals surface area contributed by atoms with Crippen LogP contribution in [0.1, 0.15) is 29.6 Å². The number of rotatable bonds is 0. The highest BCUT2D eigenvalue weighted by atomic mass is 32.2. The summed E-state index contributed by atoms with van der Waals surface area (Å²) in [6, 6.07) is 1.63. The number of ketones is 1. The molecule has 1 aromatic heterocycles. The van der Waals surface area contributed by atoms with Crippen LogP contribution in [0.4, 0.5) is 0 Å². The number of fused-ring (bicyclic) bond motifs is 1. The lowest BCUT2D eigenvalue weighted by Crippen LogP contribution is -2.51. The molecule has 1 saturated heterocycles. The molecular weight excluding hydrogens is 258 g/mol. The van der Waals surface area contributed by atoms with Gasteiger partial charge in [0.15, 0.2) is 15.6 Å². The van der Waals surface area contributed by atoms with Crippen LogP contribution in [-0.4, -0.2) is 32.0 Å². The Morgan fingerprint density at radius 1 is 1.29 bits per heavy atom. The Labute approximate surface area is 104 Å². The van der Waals surface area contributed by atoms with Crippen LogP contribution in [0.2, 0.25) is 0 Å². The molecule has 0 aliphatic carbocycles. The van der Waals surface area contributed by atoms with Crippen molar-refractivity contribution >= 4 is 27.0 Å². The van der Waals surface area contributed by atoms with Crippen molar-refractivity contribution < 1.29 is 13.2 Å². The van der Waals surface area contributed by atoms with Crippen molar-refractivity contribution in [1.82, 2.24) is 5.32 Å². The topological polar surface area (TPSA) is 63.2 Å². The first-order valence-electron chi connectivity index (χ1n) is 5.63. The second-order valence-electron chi connectivity index (χ2n) is 4.66. The number of carbonyl (C=O) groups is 1. The van der Waals surface area contributed by atoms with Gasteiger partial charge in [0.2, 0.25) is 0 Å². The fourth-order valence-electron chi connectivity index (χ4n) is 2.72. The number of carbonyl (C=O) groups excluding carboxylic acids is 1. The van der Waals surface area contributed by atoms with Crippen molar-refractivity contribution in [2.24, 2.45) is 0 Å². The van der Waals surface area contributed by atoms with Crippen molar-refractivity contribution in [1.29, 1.82) is 0 Å². The van der Waals surface area contributed by atoms with E-state index >= 15 is 0 Å². The average Bonchev–Trinajstić information content (AvgIpc) is 2.78. The molecule has 3 rings (SSSR count). The maximum absolute atomic E-state index is 12.6. The van der Waals surface area contributed by atoms with Crippen LogP contribution in [0, 0.1) is 0 Å². The number of hydrogen-bond donors (Lipinski definition) is 1. The molecule has 0 unspecified atom stereocenters. The average molecular weight is 271 g/mol. The second kappa shape index (κ2) is 3.63. The molecule has 1 spiro atoms. The monoisotopic (exact) mass is 271 g/mol. The number of sulfone groups is 1. The van der Waals surface area contributed by atoms with Gasteiger partial charge in [-0.3, -0.25) is 4.79 Å². The van der Waals surface area contributed by atoms with E-state index in [1.165, 1.54) is 11.3 Å². The second-order valence-corrected chi connectivity index (χ2v) is 8.11. The van der Waals surface area contributed by atoms with Gasteiger partial charge in [0.1, 0.15) is 4.21 Å². The van der Waals surface area contributed by atoms with E-state index < -0.39 is 14.6 Å². The minimum atomic E-state index is -3.34. The first-order chi connectivity index (χ1) is 8.07. The number of hydrogen-bond acceptors (Lipinski definition) is 5. The van der Waals surface area contributed by atoms with Gasteiger partial charge >= 0.3 is 0 Å². The Morgan fingerprint density at radius 3 is 2.71 bits per heavy atom. The molecule has 17 heavy (non-hydrogen) atoms. The summed E-state index contributed by atoms with van der Waals surface area (Å²) < 4.78 is 24.7. The number of Topliss-reactive ketones (excluding diaryl/α,β-unsaturated/α-hetero) is 1. The molecule has 0 saturated carbocycles. The van der Waals surface area contributed by atoms with Gasteiger partial charge in [-0.05, 0) is 37.4 Å². The van der Waals surface area contributed by atoms with Crippen molar-refractivity contribution in [2.75, 3.05) is 13.1 Å². The first-order valence-corrected chi connectivity index (χ1v) is 7.99. The van der Waals surface area contributed by atoms with Crippen LogP contribution in [0.5, 0.6) is 0 Å². The number of piperidine rings is 1. The third kappa shape index (κ3) is 1.44. The summed E-state index contributed by atoms with van der Waals surface area (Å²) in [6.07, 6.45) is 1.23. The maximum Gasteiger partial charge on any atom is 0.194 e. The highest BCUT2D eigenvalue weighted by Crippen LogP contribution is 2.44. The molecule has 0 amide bonds. The lowest BCUT2D eigenvalue weighted by atomic mass is 9.89. The van der Waals surface area contributed by atoms with E-state index in [0.717, 1.165) is 0 Å². The Kier molecular flexibility index (Phi) is 2.43. The molecule has 6 heteroatoms. The summed E-state index contributed by atoms with van der Waals surface area (Å²) in [4.78, 5) is 12.0. The van der Waals surface area contributed by atoms with Gasteiger partial charge < -0.3 is 5.32 Å². The number of thiophene rings is 1. The normalized spacial score (nSPS) is 25.8. The fraction of sp³-hybridized carbons (Fsp3) is 0.545. The zero-order chi connectivity index (χ0) is 12.1. The largest absolute Gasteiger partial charge is 0.317 e. The summed E-state index contributed by atoms with van der Waals surface area (Å²) in [7, 11) is -3.34. The van der Waals surface area contributed by atoms with E-state index in [9.17, 15) is 13.2 Å². The van der Waals surface area contributed by atoms with E-state index in [-0.39, 0.29) is 16.4 Å². The van der Waals surface area contributed by atoms with Crippen molar-refractivity contribution in [3.05, 3.63) is 17.0 Å². The minimum absolute atomic E-state index is 0.0158. The molecule has 1 fully saturated rings. The zero-order valence-corrected chi connectivity index (χ0v) is 10.9. The van der Waals surface area contributed by atoms with Crippen LogP contribution < -0.4 is 5.32 Å². The molecule has 4 nitrogen and oxygen atoms in total. The van der Waals surface area contributed by atoms with E-state index in [2.05, 4.69) is 5.32 Å². The summed E-state index contributed by atoms with van der Waals surface area (Å²) in [6.45, 7) is 1.35. The predicted molar refractivity (Wildman–Crippen MR) is 65.3 cm³/mol. The van der Waals surface area contributed by atoms with Gasteiger partial charge in [0.25, 0.3) is 0 Å². The third-order valence-corrected chi connectivity index (χ3v) is 7.80. The Morgan fingerprint density at radius 2 is 2.00 bits per heavy atom. The van der Waals surface area contributed by atoms with Gasteiger partial charge in [-0.15, -0.1) is 11.3 Å². The van der Waals surface area contributed by atoms with Gasteiger partial charge in [-0.1, -0.05) is 0 Å². The smallest absolute Gasteiger partial charge is 0.194 e. The summed E-state index contributed by atoms with van der Waals surface area (Å²) in [5.41, 5.74) is 0.402. The van der Waals surface area contributed by atoms with Gasteiger partial charge in [0, 0.05) is 12.0 Å². The zero-order valence-electron chi connectivity index (χ0n) is 9.23. The molecule has 2 aliphatic rings. The molecule has 2 aliphatic heterocycles. The maximum atomic E-state index is 12.6. The lowest BCUT2D eigenvalue weighted by Gasteiger charge is -2.38. The van der Waals surface area contributed by atoms with E-state index in [4.69, 9.17) is 0 Å². The third-order valence-electron chi connectivity index (χ3n) is 3.74. The fourth-order valence-corrected chi connectivity index (χ4v) is 6.49. The molecule has 92 valence electrons. The molecule has 1 N–H and O–H groups in total.